The fraction of sp³-hybridized carbons (Fsp3) is 0.800. The number of carbonyl (C=O) groups is 2. The van der Waals surface area contributed by atoms with E-state index in [0.29, 0.717) is 48.5 Å². The molecule has 1 N–H and O–H groups in total. The number of hydrogen-bond acceptors (Lipinski definition) is 4. The van der Waals surface area contributed by atoms with Crippen molar-refractivity contribution < 1.29 is 19.4 Å². The second-order valence-electron chi connectivity index (χ2n) is 8.98. The van der Waals surface area contributed by atoms with Crippen molar-refractivity contribution in [2.24, 2.45) is 29.1 Å². The Balaban J connectivity index is 1.65. The molecule has 4 heteroatoms. The van der Waals surface area contributed by atoms with E-state index in [1.165, 1.54) is 0 Å². The largest absolute Gasteiger partial charge is 0.515 e. The first-order chi connectivity index (χ1) is 11.4. The standard InChI is InChI=1S/C20H28O4/c1-19-10-12(11-21)17(22)9-13(19)3-4-14-15(19)7-8-20(2)16(14)5-6-18(23)24-20/h11,13-16,21H,3-10H2,1-2H3. The van der Waals surface area contributed by atoms with E-state index in [9.17, 15) is 14.7 Å². The zero-order valence-electron chi connectivity index (χ0n) is 14.7. The molecule has 0 bridgehead atoms. The van der Waals surface area contributed by atoms with Gasteiger partial charge in [0.25, 0.3) is 0 Å². The first-order valence-electron chi connectivity index (χ1n) is 9.46. The van der Waals surface area contributed by atoms with Crippen LogP contribution in [0.3, 0.4) is 0 Å². The average molecular weight is 332 g/mol. The lowest BCUT2D eigenvalue weighted by molar-refractivity contribution is -0.201. The number of ether oxygens (including phenoxy) is 1. The lowest BCUT2D eigenvalue weighted by Gasteiger charge is -2.61. The Morgan fingerprint density at radius 2 is 1.92 bits per heavy atom. The highest BCUT2D eigenvalue weighted by molar-refractivity contribution is 5.96. The Morgan fingerprint density at radius 1 is 1.12 bits per heavy atom. The van der Waals surface area contributed by atoms with E-state index < -0.39 is 0 Å². The van der Waals surface area contributed by atoms with Gasteiger partial charge in [-0.25, -0.2) is 0 Å². The molecule has 6 atom stereocenters. The van der Waals surface area contributed by atoms with E-state index in [4.69, 9.17) is 4.74 Å². The maximum absolute atomic E-state index is 12.2. The van der Waals surface area contributed by atoms with E-state index >= 15 is 0 Å². The predicted octanol–water partition coefficient (Wildman–Crippen LogP) is 3.95. The van der Waals surface area contributed by atoms with Gasteiger partial charge in [-0.05, 0) is 68.6 Å². The van der Waals surface area contributed by atoms with Gasteiger partial charge in [0.05, 0.1) is 6.26 Å². The maximum atomic E-state index is 12.2. The van der Waals surface area contributed by atoms with Crippen LogP contribution in [-0.2, 0) is 14.3 Å². The summed E-state index contributed by atoms with van der Waals surface area (Å²) in [5.74, 6) is 2.11. The summed E-state index contributed by atoms with van der Waals surface area (Å²) in [6.45, 7) is 4.46. The summed E-state index contributed by atoms with van der Waals surface area (Å²) in [5, 5.41) is 9.48. The molecular weight excluding hydrogens is 304 g/mol. The third-order valence-corrected chi connectivity index (χ3v) is 7.92. The Kier molecular flexibility index (Phi) is 3.59. The van der Waals surface area contributed by atoms with Gasteiger partial charge >= 0.3 is 5.97 Å². The molecule has 132 valence electrons. The van der Waals surface area contributed by atoms with Gasteiger partial charge in [0.15, 0.2) is 5.78 Å². The zero-order valence-corrected chi connectivity index (χ0v) is 14.7. The summed E-state index contributed by atoms with van der Waals surface area (Å²) in [4.78, 5) is 24.0. The van der Waals surface area contributed by atoms with Crippen molar-refractivity contribution in [1.29, 1.82) is 0 Å². The van der Waals surface area contributed by atoms with Gasteiger partial charge in [0.2, 0.25) is 0 Å². The van der Waals surface area contributed by atoms with Crippen LogP contribution in [0.25, 0.3) is 0 Å². The number of aliphatic hydroxyl groups excluding tert-OH is 1. The minimum absolute atomic E-state index is 0.0409. The Morgan fingerprint density at radius 3 is 2.67 bits per heavy atom. The summed E-state index contributed by atoms with van der Waals surface area (Å²) >= 11 is 0. The summed E-state index contributed by atoms with van der Waals surface area (Å²) in [5.41, 5.74) is 0.409. The third kappa shape index (κ3) is 2.18. The molecule has 1 saturated heterocycles. The van der Waals surface area contributed by atoms with E-state index in [1.54, 1.807) is 0 Å². The molecule has 0 aromatic carbocycles. The Bertz CT molecular complexity index is 609. The summed E-state index contributed by atoms with van der Waals surface area (Å²) in [6.07, 6.45) is 8.05. The molecule has 1 aliphatic heterocycles. The fourth-order valence-electron chi connectivity index (χ4n) is 6.64. The summed E-state index contributed by atoms with van der Waals surface area (Å²) in [6, 6.07) is 0. The minimum Gasteiger partial charge on any atom is -0.515 e. The first-order valence-corrected chi connectivity index (χ1v) is 9.46. The summed E-state index contributed by atoms with van der Waals surface area (Å²) < 4.78 is 5.81. The second kappa shape index (κ2) is 5.34. The highest BCUT2D eigenvalue weighted by Crippen LogP contribution is 2.63. The van der Waals surface area contributed by atoms with Crippen LogP contribution in [0.5, 0.6) is 0 Å². The van der Waals surface area contributed by atoms with Gasteiger partial charge in [-0.1, -0.05) is 6.92 Å². The molecule has 4 rings (SSSR count). The molecule has 3 saturated carbocycles. The van der Waals surface area contributed by atoms with Crippen molar-refractivity contribution in [3.8, 4) is 0 Å². The highest BCUT2D eigenvalue weighted by Gasteiger charge is 2.59. The molecule has 1 heterocycles. The molecule has 0 spiro atoms. The monoisotopic (exact) mass is 332 g/mol. The minimum atomic E-state index is -0.292. The Labute approximate surface area is 143 Å². The van der Waals surface area contributed by atoms with Crippen LogP contribution in [0.2, 0.25) is 0 Å². The van der Waals surface area contributed by atoms with Crippen molar-refractivity contribution in [3.05, 3.63) is 11.8 Å². The molecule has 4 aliphatic rings. The Hall–Kier alpha value is -1.32. The van der Waals surface area contributed by atoms with Gasteiger partial charge in [-0.3, -0.25) is 9.59 Å². The molecule has 6 unspecified atom stereocenters. The number of rotatable bonds is 0. The molecule has 0 radical (unpaired) electrons. The van der Waals surface area contributed by atoms with Crippen molar-refractivity contribution in [2.75, 3.05) is 0 Å². The zero-order chi connectivity index (χ0) is 17.1. The van der Waals surface area contributed by atoms with Crippen molar-refractivity contribution in [1.82, 2.24) is 0 Å². The third-order valence-electron chi connectivity index (χ3n) is 7.92. The number of esters is 1. The van der Waals surface area contributed by atoms with E-state index in [0.717, 1.165) is 38.4 Å². The number of aliphatic hydroxyl groups is 1. The molecule has 4 fully saturated rings. The SMILES string of the molecule is CC12CCC3C(CCC4CC(=O)C(=CO)CC43C)C1CCC(=O)O2. The maximum Gasteiger partial charge on any atom is 0.306 e. The average Bonchev–Trinajstić information content (AvgIpc) is 2.53. The number of allylic oxidation sites excluding steroid dienone is 1. The van der Waals surface area contributed by atoms with Gasteiger partial charge < -0.3 is 9.84 Å². The van der Waals surface area contributed by atoms with E-state index in [1.807, 2.05) is 0 Å². The van der Waals surface area contributed by atoms with E-state index in [2.05, 4.69) is 13.8 Å². The molecular formula is C20H28O4. The van der Waals surface area contributed by atoms with Crippen LogP contribution in [0.15, 0.2) is 11.8 Å². The topological polar surface area (TPSA) is 63.6 Å². The van der Waals surface area contributed by atoms with Crippen LogP contribution in [0.4, 0.5) is 0 Å². The van der Waals surface area contributed by atoms with Crippen LogP contribution < -0.4 is 0 Å². The number of ketones is 1. The highest BCUT2D eigenvalue weighted by atomic mass is 16.6. The van der Waals surface area contributed by atoms with Gasteiger partial charge in [0, 0.05) is 24.3 Å². The molecule has 0 aromatic rings. The summed E-state index contributed by atoms with van der Waals surface area (Å²) in [7, 11) is 0. The number of Topliss-reactive ketones (excluding diaryl/α,β-unsaturated/α-hetero) is 1. The van der Waals surface area contributed by atoms with E-state index in [-0.39, 0.29) is 22.8 Å². The smallest absolute Gasteiger partial charge is 0.306 e. The van der Waals surface area contributed by atoms with Crippen LogP contribution in [0, 0.1) is 29.1 Å². The molecule has 0 aromatic heterocycles. The number of hydrogen-bond donors (Lipinski definition) is 1. The normalized spacial score (nSPS) is 49.8. The first kappa shape index (κ1) is 16.2. The van der Waals surface area contributed by atoms with Crippen LogP contribution >= 0.6 is 0 Å². The molecule has 0 amide bonds. The second-order valence-corrected chi connectivity index (χ2v) is 8.98. The van der Waals surface area contributed by atoms with Gasteiger partial charge in [-0.15, -0.1) is 0 Å². The van der Waals surface area contributed by atoms with Crippen molar-refractivity contribution >= 4 is 11.8 Å². The fourth-order valence-corrected chi connectivity index (χ4v) is 6.64. The lowest BCUT2D eigenvalue weighted by Crippen LogP contribution is -2.58. The van der Waals surface area contributed by atoms with Crippen LogP contribution in [-0.4, -0.2) is 22.5 Å². The van der Waals surface area contributed by atoms with Crippen molar-refractivity contribution in [2.45, 2.75) is 70.8 Å². The predicted molar refractivity (Wildman–Crippen MR) is 89.2 cm³/mol. The lowest BCUT2D eigenvalue weighted by atomic mass is 9.45. The number of fused-ring (bicyclic) bond motifs is 5. The quantitative estimate of drug-likeness (QED) is 0.414. The van der Waals surface area contributed by atoms with Crippen molar-refractivity contribution in [3.63, 3.8) is 0 Å². The van der Waals surface area contributed by atoms with Gasteiger partial charge in [-0.2, -0.15) is 0 Å². The van der Waals surface area contributed by atoms with Gasteiger partial charge in [0.1, 0.15) is 5.60 Å². The number of carbonyl (C=O) groups excluding carboxylic acids is 2. The van der Waals surface area contributed by atoms with Crippen LogP contribution in [0.1, 0.15) is 65.2 Å². The molecule has 24 heavy (non-hydrogen) atoms. The molecule has 3 aliphatic carbocycles. The molecule has 4 nitrogen and oxygen atoms in total.